The van der Waals surface area contributed by atoms with Gasteiger partial charge in [0.25, 0.3) is 0 Å². The number of likely N-dealkylation sites (tertiary alicyclic amines) is 1. The van der Waals surface area contributed by atoms with Gasteiger partial charge in [0.05, 0.1) is 13.2 Å². The lowest BCUT2D eigenvalue weighted by molar-refractivity contribution is 0.211. The largest absolute Gasteiger partial charge is 0.494 e. The summed E-state index contributed by atoms with van der Waals surface area (Å²) in [5, 5.41) is 3.73. The highest BCUT2D eigenvalue weighted by Gasteiger charge is 2.20. The van der Waals surface area contributed by atoms with Crippen molar-refractivity contribution in [3.8, 4) is 18.1 Å². The quantitative estimate of drug-likeness (QED) is 0.814. The van der Waals surface area contributed by atoms with E-state index < -0.39 is 0 Å². The van der Waals surface area contributed by atoms with Crippen LogP contribution in [0.1, 0.15) is 38.3 Å². The molecular formula is C18H26N2O. The summed E-state index contributed by atoms with van der Waals surface area (Å²) in [7, 11) is 0. The minimum atomic E-state index is 0.366. The first-order valence-corrected chi connectivity index (χ1v) is 7.87. The average Bonchev–Trinajstić information content (AvgIpc) is 2.50. The van der Waals surface area contributed by atoms with Crippen molar-refractivity contribution in [1.82, 2.24) is 10.2 Å². The average molecular weight is 286 g/mol. The van der Waals surface area contributed by atoms with Gasteiger partial charge < -0.3 is 10.1 Å². The third-order valence-corrected chi connectivity index (χ3v) is 4.08. The van der Waals surface area contributed by atoms with Crippen molar-refractivity contribution in [2.45, 2.75) is 38.8 Å². The topological polar surface area (TPSA) is 24.5 Å². The van der Waals surface area contributed by atoms with Gasteiger partial charge in [0.1, 0.15) is 5.75 Å². The van der Waals surface area contributed by atoms with Gasteiger partial charge in [-0.1, -0.05) is 18.1 Å². The zero-order valence-corrected chi connectivity index (χ0v) is 13.1. The highest BCUT2D eigenvalue weighted by atomic mass is 16.5. The molecule has 0 saturated carbocycles. The number of hydrogen-bond donors (Lipinski definition) is 1. The minimum absolute atomic E-state index is 0.366. The Labute approximate surface area is 128 Å². The van der Waals surface area contributed by atoms with Gasteiger partial charge in [-0.2, -0.15) is 0 Å². The van der Waals surface area contributed by atoms with Gasteiger partial charge in [-0.3, -0.25) is 4.90 Å². The summed E-state index contributed by atoms with van der Waals surface area (Å²) in [6.45, 7) is 7.91. The lowest BCUT2D eigenvalue weighted by Gasteiger charge is -2.33. The van der Waals surface area contributed by atoms with Crippen LogP contribution < -0.4 is 10.1 Å². The molecule has 0 bridgehead atoms. The highest BCUT2D eigenvalue weighted by Crippen LogP contribution is 2.20. The smallest absolute Gasteiger partial charge is 0.119 e. The second-order valence-electron chi connectivity index (χ2n) is 5.64. The molecule has 0 aliphatic carbocycles. The molecule has 3 heteroatoms. The Bertz CT molecular complexity index is 455. The van der Waals surface area contributed by atoms with E-state index in [2.05, 4.69) is 35.2 Å². The molecule has 1 N–H and O–H groups in total. The van der Waals surface area contributed by atoms with E-state index in [0.717, 1.165) is 25.4 Å². The third-order valence-electron chi connectivity index (χ3n) is 4.08. The van der Waals surface area contributed by atoms with Gasteiger partial charge in [-0.05, 0) is 44.4 Å². The summed E-state index contributed by atoms with van der Waals surface area (Å²) in [4.78, 5) is 2.35. The molecule has 0 spiro atoms. The van der Waals surface area contributed by atoms with E-state index in [-0.39, 0.29) is 0 Å². The van der Waals surface area contributed by atoms with Crippen LogP contribution in [-0.2, 0) is 0 Å². The summed E-state index contributed by atoms with van der Waals surface area (Å²) >= 11 is 0. The van der Waals surface area contributed by atoms with Crippen LogP contribution in [-0.4, -0.2) is 37.2 Å². The van der Waals surface area contributed by atoms with Crippen molar-refractivity contribution in [3.05, 3.63) is 29.8 Å². The molecule has 1 aromatic carbocycles. The SMILES string of the molecule is C#CCN1CCC(NC(C)c2ccc(OCC)cc2)CC1. The predicted molar refractivity (Wildman–Crippen MR) is 87.5 cm³/mol. The Morgan fingerprint density at radius 1 is 1.33 bits per heavy atom. The van der Waals surface area contributed by atoms with Crippen LogP contribution in [0.4, 0.5) is 0 Å². The zero-order chi connectivity index (χ0) is 15.1. The minimum Gasteiger partial charge on any atom is -0.494 e. The van der Waals surface area contributed by atoms with Crippen LogP contribution in [0.3, 0.4) is 0 Å². The molecule has 1 heterocycles. The molecule has 1 aliphatic rings. The fraction of sp³-hybridized carbons (Fsp3) is 0.556. The molecule has 1 unspecified atom stereocenters. The maximum atomic E-state index is 5.48. The van der Waals surface area contributed by atoms with E-state index >= 15 is 0 Å². The Hall–Kier alpha value is -1.50. The zero-order valence-electron chi connectivity index (χ0n) is 13.1. The summed E-state index contributed by atoms with van der Waals surface area (Å²) in [5.74, 6) is 3.67. The van der Waals surface area contributed by atoms with Crippen molar-refractivity contribution in [2.24, 2.45) is 0 Å². The Morgan fingerprint density at radius 2 is 2.00 bits per heavy atom. The number of nitrogens with one attached hydrogen (secondary N) is 1. The molecule has 1 fully saturated rings. The van der Waals surface area contributed by atoms with E-state index in [1.807, 2.05) is 19.1 Å². The van der Waals surface area contributed by atoms with Gasteiger partial charge in [0, 0.05) is 25.2 Å². The van der Waals surface area contributed by atoms with Gasteiger partial charge in [0.2, 0.25) is 0 Å². The molecule has 3 nitrogen and oxygen atoms in total. The van der Waals surface area contributed by atoms with Crippen molar-refractivity contribution in [1.29, 1.82) is 0 Å². The normalized spacial score (nSPS) is 18.1. The van der Waals surface area contributed by atoms with Crippen molar-refractivity contribution < 1.29 is 4.74 Å². The van der Waals surface area contributed by atoms with Crippen molar-refractivity contribution in [3.63, 3.8) is 0 Å². The summed E-state index contributed by atoms with van der Waals surface area (Å²) in [5.41, 5.74) is 1.31. The molecule has 2 rings (SSSR count). The number of benzene rings is 1. The van der Waals surface area contributed by atoms with Crippen LogP contribution >= 0.6 is 0 Å². The van der Waals surface area contributed by atoms with E-state index in [9.17, 15) is 0 Å². The fourth-order valence-corrected chi connectivity index (χ4v) is 2.86. The van der Waals surface area contributed by atoms with Crippen molar-refractivity contribution in [2.75, 3.05) is 26.2 Å². The van der Waals surface area contributed by atoms with E-state index in [0.29, 0.717) is 18.7 Å². The maximum absolute atomic E-state index is 5.48. The van der Waals surface area contributed by atoms with E-state index in [4.69, 9.17) is 11.2 Å². The first-order valence-electron chi connectivity index (χ1n) is 7.87. The molecule has 21 heavy (non-hydrogen) atoms. The van der Waals surface area contributed by atoms with Gasteiger partial charge in [-0.25, -0.2) is 0 Å². The van der Waals surface area contributed by atoms with Gasteiger partial charge >= 0.3 is 0 Å². The number of terminal acetylenes is 1. The monoisotopic (exact) mass is 286 g/mol. The standard InChI is InChI=1S/C18H26N2O/c1-4-12-20-13-10-17(11-14-20)19-15(3)16-6-8-18(9-7-16)21-5-2/h1,6-9,15,17,19H,5,10-14H2,2-3H3. The number of nitrogens with zero attached hydrogens (tertiary/aromatic N) is 1. The fourth-order valence-electron chi connectivity index (χ4n) is 2.86. The lowest BCUT2D eigenvalue weighted by atomic mass is 10.0. The highest BCUT2D eigenvalue weighted by molar-refractivity contribution is 5.29. The molecule has 1 saturated heterocycles. The number of ether oxygens (including phenoxy) is 1. The summed E-state index contributed by atoms with van der Waals surface area (Å²) in [6.07, 6.45) is 7.71. The second-order valence-corrected chi connectivity index (χ2v) is 5.64. The first-order chi connectivity index (χ1) is 10.2. The maximum Gasteiger partial charge on any atom is 0.119 e. The molecule has 1 aromatic rings. The lowest BCUT2D eigenvalue weighted by Crippen LogP contribution is -2.43. The second kappa shape index (κ2) is 8.07. The molecule has 0 aromatic heterocycles. The summed E-state index contributed by atoms with van der Waals surface area (Å²) < 4.78 is 5.48. The number of hydrogen-bond acceptors (Lipinski definition) is 3. The first kappa shape index (κ1) is 15.9. The Balaban J connectivity index is 1.81. The Kier molecular flexibility index (Phi) is 6.10. The van der Waals surface area contributed by atoms with Gasteiger partial charge in [0.15, 0.2) is 0 Å². The molecule has 114 valence electrons. The molecular weight excluding hydrogens is 260 g/mol. The molecule has 0 radical (unpaired) electrons. The van der Waals surface area contributed by atoms with Crippen LogP contribution in [0, 0.1) is 12.3 Å². The summed E-state index contributed by atoms with van der Waals surface area (Å²) in [6, 6.07) is 9.34. The van der Waals surface area contributed by atoms with Crippen LogP contribution in [0.15, 0.2) is 24.3 Å². The molecule has 0 amide bonds. The number of piperidine rings is 1. The molecule has 1 atom stereocenters. The van der Waals surface area contributed by atoms with E-state index in [1.165, 1.54) is 18.4 Å². The molecule has 1 aliphatic heterocycles. The van der Waals surface area contributed by atoms with Crippen LogP contribution in [0.2, 0.25) is 0 Å². The van der Waals surface area contributed by atoms with Crippen LogP contribution in [0.5, 0.6) is 5.75 Å². The number of rotatable bonds is 6. The predicted octanol–water partition coefficient (Wildman–Crippen LogP) is 2.83. The van der Waals surface area contributed by atoms with Crippen molar-refractivity contribution >= 4 is 0 Å². The third kappa shape index (κ3) is 4.77. The van der Waals surface area contributed by atoms with E-state index in [1.54, 1.807) is 0 Å². The van der Waals surface area contributed by atoms with Gasteiger partial charge in [-0.15, -0.1) is 6.42 Å². The van der Waals surface area contributed by atoms with Crippen LogP contribution in [0.25, 0.3) is 0 Å². The Morgan fingerprint density at radius 3 is 2.57 bits per heavy atom.